The largest absolute Gasteiger partial charge is 0.472 e. The van der Waals surface area contributed by atoms with Gasteiger partial charge < -0.3 is 14.8 Å². The van der Waals surface area contributed by atoms with Crippen LogP contribution in [0.5, 0.6) is 0 Å². The van der Waals surface area contributed by atoms with Crippen molar-refractivity contribution in [2.24, 2.45) is 0 Å². The zero-order valence-electron chi connectivity index (χ0n) is 11.3. The molecule has 0 aliphatic carbocycles. The number of hydrogen-bond donors (Lipinski definition) is 2. The summed E-state index contributed by atoms with van der Waals surface area (Å²) < 4.78 is 17.6. The second-order valence-corrected chi connectivity index (χ2v) is 5.50. The summed E-state index contributed by atoms with van der Waals surface area (Å²) in [4.78, 5) is 12.5. The number of furan rings is 1. The van der Waals surface area contributed by atoms with Crippen LogP contribution in [0, 0.1) is 5.82 Å². The molecule has 1 atom stereocenters. The van der Waals surface area contributed by atoms with E-state index in [1.54, 1.807) is 18.2 Å². The van der Waals surface area contributed by atoms with Crippen LogP contribution in [0.4, 0.5) is 4.39 Å². The van der Waals surface area contributed by atoms with Crippen molar-refractivity contribution in [2.75, 3.05) is 12.3 Å². The van der Waals surface area contributed by atoms with Gasteiger partial charge in [0.15, 0.2) is 0 Å². The number of thioether (sulfide) groups is 1. The topological polar surface area (TPSA) is 62.5 Å². The Morgan fingerprint density at radius 2 is 2.10 bits per heavy atom. The van der Waals surface area contributed by atoms with E-state index in [9.17, 15) is 14.3 Å². The number of carbonyl (C=O) groups is 1. The van der Waals surface area contributed by atoms with Crippen molar-refractivity contribution in [1.29, 1.82) is 0 Å². The Kier molecular flexibility index (Phi) is 5.83. The van der Waals surface area contributed by atoms with Crippen LogP contribution in [-0.4, -0.2) is 23.3 Å². The van der Waals surface area contributed by atoms with Crippen molar-refractivity contribution in [3.63, 3.8) is 0 Å². The van der Waals surface area contributed by atoms with E-state index in [1.807, 2.05) is 0 Å². The van der Waals surface area contributed by atoms with E-state index in [4.69, 9.17) is 4.42 Å². The minimum absolute atomic E-state index is 0.122. The van der Waals surface area contributed by atoms with E-state index in [1.165, 1.54) is 36.4 Å². The summed E-state index contributed by atoms with van der Waals surface area (Å²) in [6, 6.07) is 7.69. The van der Waals surface area contributed by atoms with Gasteiger partial charge >= 0.3 is 0 Å². The van der Waals surface area contributed by atoms with Crippen molar-refractivity contribution in [1.82, 2.24) is 5.32 Å². The van der Waals surface area contributed by atoms with E-state index in [2.05, 4.69) is 5.32 Å². The molecular formula is C15H16FNO3S. The fourth-order valence-corrected chi connectivity index (χ4v) is 2.44. The molecule has 1 aromatic heterocycles. The number of amides is 1. The number of halogens is 1. The van der Waals surface area contributed by atoms with Crippen molar-refractivity contribution < 1.29 is 18.7 Å². The van der Waals surface area contributed by atoms with Crippen LogP contribution in [0.3, 0.4) is 0 Å². The second-order valence-electron chi connectivity index (χ2n) is 4.45. The van der Waals surface area contributed by atoms with Gasteiger partial charge in [0.25, 0.3) is 0 Å². The smallest absolute Gasteiger partial charge is 0.230 e. The van der Waals surface area contributed by atoms with E-state index in [0.29, 0.717) is 18.5 Å². The zero-order valence-corrected chi connectivity index (χ0v) is 12.1. The Morgan fingerprint density at radius 3 is 2.76 bits per heavy atom. The molecule has 1 aromatic carbocycles. The quantitative estimate of drug-likeness (QED) is 0.772. The van der Waals surface area contributed by atoms with Crippen molar-refractivity contribution in [3.05, 3.63) is 54.2 Å². The third-order valence-corrected chi connectivity index (χ3v) is 3.86. The van der Waals surface area contributed by atoms with Gasteiger partial charge in [0.05, 0.1) is 24.4 Å². The molecule has 112 valence electrons. The predicted octanol–water partition coefficient (Wildman–Crippen LogP) is 2.75. The number of aliphatic hydroxyl groups excluding tert-OH is 1. The van der Waals surface area contributed by atoms with Gasteiger partial charge in [-0.05, 0) is 36.8 Å². The van der Waals surface area contributed by atoms with Crippen molar-refractivity contribution >= 4 is 17.7 Å². The van der Waals surface area contributed by atoms with Crippen LogP contribution in [0.25, 0.3) is 0 Å². The molecule has 0 aliphatic heterocycles. The number of aliphatic hydroxyl groups is 1. The van der Waals surface area contributed by atoms with E-state index >= 15 is 0 Å². The van der Waals surface area contributed by atoms with Gasteiger partial charge in [0.1, 0.15) is 5.82 Å². The van der Waals surface area contributed by atoms with Crippen LogP contribution in [-0.2, 0) is 4.79 Å². The van der Waals surface area contributed by atoms with E-state index in [-0.39, 0.29) is 17.5 Å². The summed E-state index contributed by atoms with van der Waals surface area (Å²) in [5.41, 5.74) is 0.699. The van der Waals surface area contributed by atoms with Gasteiger partial charge in [-0.15, -0.1) is 11.8 Å². The maximum Gasteiger partial charge on any atom is 0.230 e. The highest BCUT2D eigenvalue weighted by Crippen LogP contribution is 2.18. The molecule has 4 nitrogen and oxygen atoms in total. The molecule has 0 saturated heterocycles. The van der Waals surface area contributed by atoms with E-state index < -0.39 is 6.10 Å². The predicted molar refractivity (Wildman–Crippen MR) is 78.4 cm³/mol. The van der Waals surface area contributed by atoms with Gasteiger partial charge in [-0.2, -0.15) is 0 Å². The Balaban J connectivity index is 1.64. The Bertz CT molecular complexity index is 557. The number of rotatable bonds is 7. The number of nitrogens with one attached hydrogen (secondary N) is 1. The highest BCUT2D eigenvalue weighted by molar-refractivity contribution is 8.00. The summed E-state index contributed by atoms with van der Waals surface area (Å²) in [6.45, 7) is 0.384. The van der Waals surface area contributed by atoms with Crippen LogP contribution < -0.4 is 5.32 Å². The average Bonchev–Trinajstić information content (AvgIpc) is 3.01. The standard InChI is InChI=1S/C15H16FNO3S/c16-12-1-3-13(4-2-12)21-10-15(19)17-7-5-14(18)11-6-8-20-9-11/h1-4,6,8-9,14,18H,5,7,10H2,(H,17,19). The highest BCUT2D eigenvalue weighted by atomic mass is 32.2. The average molecular weight is 309 g/mol. The molecule has 2 N–H and O–H groups in total. The number of carbonyl (C=O) groups excluding carboxylic acids is 1. The summed E-state index contributed by atoms with van der Waals surface area (Å²) >= 11 is 1.34. The molecule has 0 fully saturated rings. The van der Waals surface area contributed by atoms with Crippen LogP contribution in [0.2, 0.25) is 0 Å². The van der Waals surface area contributed by atoms with Crippen LogP contribution >= 0.6 is 11.8 Å². The lowest BCUT2D eigenvalue weighted by Gasteiger charge is -2.09. The van der Waals surface area contributed by atoms with Gasteiger partial charge in [-0.1, -0.05) is 0 Å². The summed E-state index contributed by atoms with van der Waals surface area (Å²) in [6.07, 6.45) is 2.76. The molecule has 2 aromatic rings. The Hall–Kier alpha value is -1.79. The first kappa shape index (κ1) is 15.6. The summed E-state index contributed by atoms with van der Waals surface area (Å²) in [7, 11) is 0. The first-order chi connectivity index (χ1) is 10.1. The Labute approximate surface area is 126 Å². The van der Waals surface area contributed by atoms with Gasteiger partial charge in [-0.25, -0.2) is 4.39 Å². The molecule has 0 spiro atoms. The minimum Gasteiger partial charge on any atom is -0.472 e. The SMILES string of the molecule is O=C(CSc1ccc(F)cc1)NCCC(O)c1ccoc1. The minimum atomic E-state index is -0.645. The van der Waals surface area contributed by atoms with Gasteiger partial charge in [-0.3, -0.25) is 4.79 Å². The third kappa shape index (κ3) is 5.24. The number of hydrogen-bond acceptors (Lipinski definition) is 4. The van der Waals surface area contributed by atoms with E-state index in [0.717, 1.165) is 4.90 Å². The molecule has 1 unspecified atom stereocenters. The molecule has 1 heterocycles. The van der Waals surface area contributed by atoms with Crippen molar-refractivity contribution in [3.8, 4) is 0 Å². The molecule has 1 amide bonds. The first-order valence-corrected chi connectivity index (χ1v) is 7.49. The lowest BCUT2D eigenvalue weighted by molar-refractivity contribution is -0.118. The molecule has 21 heavy (non-hydrogen) atoms. The Morgan fingerprint density at radius 1 is 1.33 bits per heavy atom. The zero-order chi connectivity index (χ0) is 15.1. The fraction of sp³-hybridized carbons (Fsp3) is 0.267. The van der Waals surface area contributed by atoms with Crippen molar-refractivity contribution in [2.45, 2.75) is 17.4 Å². The van der Waals surface area contributed by atoms with Crippen LogP contribution in [0.15, 0.2) is 52.2 Å². The first-order valence-electron chi connectivity index (χ1n) is 6.50. The second kappa shape index (κ2) is 7.85. The summed E-state index contributed by atoms with van der Waals surface area (Å²) in [5.74, 6) is -0.159. The molecule has 0 bridgehead atoms. The molecule has 0 aliphatic rings. The highest BCUT2D eigenvalue weighted by Gasteiger charge is 2.09. The fourth-order valence-electron chi connectivity index (χ4n) is 1.71. The summed E-state index contributed by atoms with van der Waals surface area (Å²) in [5, 5.41) is 12.5. The molecule has 2 rings (SSSR count). The molecular weight excluding hydrogens is 293 g/mol. The van der Waals surface area contributed by atoms with Gasteiger partial charge in [0.2, 0.25) is 5.91 Å². The van der Waals surface area contributed by atoms with Crippen LogP contribution in [0.1, 0.15) is 18.1 Å². The maximum absolute atomic E-state index is 12.7. The molecule has 0 saturated carbocycles. The lowest BCUT2D eigenvalue weighted by atomic mass is 10.1. The molecule has 6 heteroatoms. The lowest BCUT2D eigenvalue weighted by Crippen LogP contribution is -2.27. The van der Waals surface area contributed by atoms with Gasteiger partial charge in [0, 0.05) is 17.0 Å². The molecule has 0 radical (unpaired) electrons. The maximum atomic E-state index is 12.7. The normalized spacial score (nSPS) is 12.1. The monoisotopic (exact) mass is 309 g/mol. The third-order valence-electron chi connectivity index (χ3n) is 2.85. The number of benzene rings is 1.